The summed E-state index contributed by atoms with van der Waals surface area (Å²) in [6.45, 7) is 6.69. The van der Waals surface area contributed by atoms with Gasteiger partial charge in [0.25, 0.3) is 0 Å². The molecule has 8 nitrogen and oxygen atoms in total. The van der Waals surface area contributed by atoms with Gasteiger partial charge in [-0.25, -0.2) is 0 Å². The first kappa shape index (κ1) is 21.1. The zero-order valence-electron chi connectivity index (χ0n) is 19.0. The van der Waals surface area contributed by atoms with E-state index in [2.05, 4.69) is 29.2 Å². The maximum atomic E-state index is 13.3. The Kier molecular flexibility index (Phi) is 5.06. The molecule has 3 fully saturated rings. The first-order chi connectivity index (χ1) is 15.3. The average Bonchev–Trinajstić information content (AvgIpc) is 3.08. The van der Waals surface area contributed by atoms with E-state index < -0.39 is 6.04 Å². The van der Waals surface area contributed by atoms with Gasteiger partial charge in [0.15, 0.2) is 5.78 Å². The van der Waals surface area contributed by atoms with Gasteiger partial charge in [0.05, 0.1) is 11.7 Å². The lowest BCUT2D eigenvalue weighted by Gasteiger charge is -2.30. The quantitative estimate of drug-likeness (QED) is 0.701. The normalized spacial score (nSPS) is 28.0. The van der Waals surface area contributed by atoms with E-state index in [-0.39, 0.29) is 35.6 Å². The summed E-state index contributed by atoms with van der Waals surface area (Å²) in [6.07, 6.45) is 8.48. The fourth-order valence-electron chi connectivity index (χ4n) is 5.78. The van der Waals surface area contributed by atoms with Crippen molar-refractivity contribution in [1.82, 2.24) is 25.0 Å². The molecule has 4 atom stereocenters. The smallest absolute Gasteiger partial charge is 0.245 e. The van der Waals surface area contributed by atoms with Gasteiger partial charge in [0, 0.05) is 31.1 Å². The van der Waals surface area contributed by atoms with Crippen LogP contribution in [0.4, 0.5) is 0 Å². The van der Waals surface area contributed by atoms with E-state index in [1.54, 1.807) is 28.0 Å². The predicted molar refractivity (Wildman–Crippen MR) is 119 cm³/mol. The molecule has 1 aliphatic heterocycles. The van der Waals surface area contributed by atoms with Crippen molar-refractivity contribution in [2.45, 2.75) is 71.5 Å². The maximum Gasteiger partial charge on any atom is 0.245 e. The van der Waals surface area contributed by atoms with E-state index in [0.29, 0.717) is 35.0 Å². The minimum Gasteiger partial charge on any atom is -0.354 e. The lowest BCUT2D eigenvalue weighted by atomic mass is 9.82. The van der Waals surface area contributed by atoms with Crippen molar-refractivity contribution < 1.29 is 14.4 Å². The van der Waals surface area contributed by atoms with Crippen molar-refractivity contribution >= 4 is 28.5 Å². The maximum absolute atomic E-state index is 13.3. The van der Waals surface area contributed by atoms with Gasteiger partial charge in [-0.15, -0.1) is 0 Å². The van der Waals surface area contributed by atoms with Crippen LogP contribution in [-0.4, -0.2) is 55.9 Å². The zero-order chi connectivity index (χ0) is 22.6. The molecule has 1 N–H and O–H groups in total. The van der Waals surface area contributed by atoms with Gasteiger partial charge in [0.1, 0.15) is 18.3 Å². The molecule has 3 heterocycles. The highest BCUT2D eigenvalue weighted by Crippen LogP contribution is 2.48. The van der Waals surface area contributed by atoms with Crippen LogP contribution < -0.4 is 5.32 Å². The van der Waals surface area contributed by atoms with Crippen LogP contribution in [0.15, 0.2) is 18.5 Å². The minimum atomic E-state index is -0.414. The number of carbonyl (C=O) groups excluding carboxylic acids is 3. The number of rotatable bonds is 6. The summed E-state index contributed by atoms with van der Waals surface area (Å²) < 4.78 is 1.55. The molecule has 170 valence electrons. The molecule has 2 aromatic heterocycles. The van der Waals surface area contributed by atoms with Crippen LogP contribution in [0.5, 0.6) is 0 Å². The Morgan fingerprint density at radius 1 is 1.25 bits per heavy atom. The second kappa shape index (κ2) is 7.67. The standard InChI is InChI=1S/C24H31N5O3/c1-14(30)22-17-6-8-25-12-20(17)28(27-22)13-21(31)29-18-9-15(18)10-19(29)23(32)26-11-16-5-4-7-24(16,2)3/h6,8,12,15-16,18-19H,4-5,7,9-11,13H2,1-3H3,(H,26,32)/t15-,16?,18-,19-/m1/s1. The van der Waals surface area contributed by atoms with Gasteiger partial charge in [-0.3, -0.25) is 24.0 Å². The van der Waals surface area contributed by atoms with Crippen molar-refractivity contribution in [3.8, 4) is 0 Å². The number of nitrogens with zero attached hydrogens (tertiary/aromatic N) is 4. The predicted octanol–water partition coefficient (Wildman–Crippen LogP) is 2.57. The molecular weight excluding hydrogens is 406 g/mol. The summed E-state index contributed by atoms with van der Waals surface area (Å²) in [7, 11) is 0. The number of nitrogens with one attached hydrogen (secondary N) is 1. The number of hydrogen-bond acceptors (Lipinski definition) is 5. The highest BCUT2D eigenvalue weighted by Gasteiger charge is 2.56. The molecule has 0 bridgehead atoms. The number of carbonyl (C=O) groups is 3. The average molecular weight is 438 g/mol. The number of Topliss-reactive ketones (excluding diaryl/α,β-unsaturated/α-hetero) is 1. The molecule has 3 aliphatic rings. The summed E-state index contributed by atoms with van der Waals surface area (Å²) in [5.74, 6) is 0.591. The number of pyridine rings is 1. The van der Waals surface area contributed by atoms with Gasteiger partial charge < -0.3 is 10.2 Å². The van der Waals surface area contributed by atoms with Crippen LogP contribution in [-0.2, 0) is 16.1 Å². The number of fused-ring (bicyclic) bond motifs is 2. The van der Waals surface area contributed by atoms with Crippen LogP contribution in [0.3, 0.4) is 0 Å². The molecule has 2 amide bonds. The topological polar surface area (TPSA) is 97.2 Å². The highest BCUT2D eigenvalue weighted by atomic mass is 16.2. The Balaban J connectivity index is 1.30. The fraction of sp³-hybridized carbons (Fsp3) is 0.625. The molecule has 0 spiro atoms. The number of ketones is 1. The van der Waals surface area contributed by atoms with Gasteiger partial charge in [0.2, 0.25) is 11.8 Å². The Morgan fingerprint density at radius 2 is 2.06 bits per heavy atom. The van der Waals surface area contributed by atoms with E-state index in [1.807, 2.05) is 0 Å². The number of aromatic nitrogens is 3. The SMILES string of the molecule is CC(=O)c1nn(CC(=O)N2[C@@H](C(=O)NCC3CCCC3(C)C)C[C@H]3C[C@H]32)c2cnccc12. The van der Waals surface area contributed by atoms with Gasteiger partial charge in [-0.1, -0.05) is 20.3 Å². The van der Waals surface area contributed by atoms with Crippen molar-refractivity contribution in [1.29, 1.82) is 0 Å². The largest absolute Gasteiger partial charge is 0.354 e. The van der Waals surface area contributed by atoms with Crippen LogP contribution in [0.2, 0.25) is 0 Å². The fourth-order valence-corrected chi connectivity index (χ4v) is 5.78. The van der Waals surface area contributed by atoms with E-state index in [0.717, 1.165) is 19.3 Å². The number of amides is 2. The Labute approximate surface area is 187 Å². The summed E-state index contributed by atoms with van der Waals surface area (Å²) in [5.41, 5.74) is 1.25. The third-order valence-electron chi connectivity index (χ3n) is 7.87. The molecule has 2 aliphatic carbocycles. The Hall–Kier alpha value is -2.77. The lowest BCUT2D eigenvalue weighted by Crippen LogP contribution is -2.50. The van der Waals surface area contributed by atoms with Gasteiger partial charge >= 0.3 is 0 Å². The van der Waals surface area contributed by atoms with Crippen LogP contribution >= 0.6 is 0 Å². The summed E-state index contributed by atoms with van der Waals surface area (Å²) in [4.78, 5) is 44.3. The van der Waals surface area contributed by atoms with E-state index in [9.17, 15) is 14.4 Å². The molecule has 0 aromatic carbocycles. The number of likely N-dealkylation sites (tertiary alicyclic amines) is 1. The molecule has 1 unspecified atom stereocenters. The first-order valence-electron chi connectivity index (χ1n) is 11.7. The molecule has 8 heteroatoms. The van der Waals surface area contributed by atoms with Crippen LogP contribution in [0, 0.1) is 17.3 Å². The lowest BCUT2D eigenvalue weighted by molar-refractivity contribution is -0.140. The zero-order valence-corrected chi connectivity index (χ0v) is 19.0. The molecule has 5 rings (SSSR count). The van der Waals surface area contributed by atoms with E-state index in [4.69, 9.17) is 0 Å². The Morgan fingerprint density at radius 3 is 2.78 bits per heavy atom. The van der Waals surface area contributed by atoms with Crippen LogP contribution in [0.25, 0.3) is 10.9 Å². The first-order valence-corrected chi connectivity index (χ1v) is 11.7. The van der Waals surface area contributed by atoms with E-state index in [1.165, 1.54) is 19.8 Å². The van der Waals surface area contributed by atoms with Crippen molar-refractivity contribution in [3.05, 3.63) is 24.2 Å². The highest BCUT2D eigenvalue weighted by molar-refractivity contribution is 6.04. The summed E-state index contributed by atoms with van der Waals surface area (Å²) in [5, 5.41) is 8.24. The van der Waals surface area contributed by atoms with Crippen molar-refractivity contribution in [2.24, 2.45) is 17.3 Å². The Bertz CT molecular complexity index is 1090. The van der Waals surface area contributed by atoms with Gasteiger partial charge in [-0.2, -0.15) is 5.10 Å². The van der Waals surface area contributed by atoms with Crippen molar-refractivity contribution in [3.63, 3.8) is 0 Å². The molecule has 2 saturated carbocycles. The minimum absolute atomic E-state index is 0.00186. The van der Waals surface area contributed by atoms with Gasteiger partial charge in [-0.05, 0) is 49.0 Å². The molecular formula is C24H31N5O3. The number of hydrogen-bond donors (Lipinski definition) is 1. The monoisotopic (exact) mass is 437 g/mol. The molecule has 2 aromatic rings. The third-order valence-corrected chi connectivity index (χ3v) is 7.87. The second-order valence-corrected chi connectivity index (χ2v) is 10.4. The summed E-state index contributed by atoms with van der Waals surface area (Å²) >= 11 is 0. The second-order valence-electron chi connectivity index (χ2n) is 10.4. The number of piperidine rings is 1. The third kappa shape index (κ3) is 3.59. The van der Waals surface area contributed by atoms with E-state index >= 15 is 0 Å². The molecule has 1 saturated heterocycles. The van der Waals surface area contributed by atoms with Crippen LogP contribution in [0.1, 0.15) is 63.4 Å². The molecule has 32 heavy (non-hydrogen) atoms. The summed E-state index contributed by atoms with van der Waals surface area (Å²) in [6, 6.07) is 1.48. The molecule has 0 radical (unpaired) electrons. The van der Waals surface area contributed by atoms with Crippen molar-refractivity contribution in [2.75, 3.05) is 6.54 Å².